The molecule has 1 N–H and O–H groups in total. The number of benzene rings is 1. The molecule has 0 saturated carbocycles. The first-order chi connectivity index (χ1) is 9.86. The summed E-state index contributed by atoms with van der Waals surface area (Å²) in [6.45, 7) is 0.794. The third kappa shape index (κ3) is 3.14. The molecule has 0 radical (unpaired) electrons. The van der Waals surface area contributed by atoms with Crippen LogP contribution in [0.3, 0.4) is 0 Å². The van der Waals surface area contributed by atoms with Crippen molar-refractivity contribution in [2.24, 2.45) is 0 Å². The maximum absolute atomic E-state index is 12.3. The molecule has 0 unspecified atom stereocenters. The lowest BCUT2D eigenvalue weighted by atomic mass is 10.3. The van der Waals surface area contributed by atoms with E-state index in [1.165, 1.54) is 18.2 Å². The van der Waals surface area contributed by atoms with Crippen molar-refractivity contribution in [1.29, 1.82) is 0 Å². The van der Waals surface area contributed by atoms with Crippen LogP contribution in [0.2, 0.25) is 0 Å². The number of hydrogen-bond acceptors (Lipinski definition) is 6. The highest BCUT2D eigenvalue weighted by atomic mass is 32.2. The summed E-state index contributed by atoms with van der Waals surface area (Å²) in [5.74, 6) is 0.741. The fourth-order valence-electron chi connectivity index (χ4n) is 2.37. The Morgan fingerprint density at radius 3 is 2.52 bits per heavy atom. The van der Waals surface area contributed by atoms with Gasteiger partial charge in [0.25, 0.3) is 0 Å². The minimum Gasteiger partial charge on any atom is -0.486 e. The Kier molecular flexibility index (Phi) is 3.58. The van der Waals surface area contributed by atoms with E-state index in [1.54, 1.807) is 0 Å². The molecule has 2 aliphatic heterocycles. The molecule has 0 bridgehead atoms. The second-order valence-electron chi connectivity index (χ2n) is 5.03. The number of fused-ring (bicyclic) bond motifs is 1. The van der Waals surface area contributed by atoms with Crippen LogP contribution in [0.15, 0.2) is 23.1 Å². The minimum atomic E-state index is -3.78. The lowest BCUT2D eigenvalue weighted by Gasteiger charge is -2.19. The highest BCUT2D eigenvalue weighted by Gasteiger charge is 2.31. The van der Waals surface area contributed by atoms with E-state index in [1.807, 2.05) is 0 Å². The molecule has 0 aliphatic carbocycles. The van der Waals surface area contributed by atoms with Crippen LogP contribution in [0, 0.1) is 0 Å². The zero-order chi connectivity index (χ0) is 15.1. The van der Waals surface area contributed by atoms with Gasteiger partial charge >= 0.3 is 0 Å². The zero-order valence-electron chi connectivity index (χ0n) is 11.1. The van der Waals surface area contributed by atoms with Crippen molar-refractivity contribution < 1.29 is 26.3 Å². The van der Waals surface area contributed by atoms with Gasteiger partial charge in [-0.05, 0) is 18.6 Å². The molecule has 2 aliphatic rings. The maximum atomic E-state index is 12.3. The Labute approximate surface area is 123 Å². The highest BCUT2D eigenvalue weighted by Crippen LogP contribution is 2.32. The topological polar surface area (TPSA) is 98.8 Å². The monoisotopic (exact) mass is 333 g/mol. The molecule has 2 heterocycles. The first-order valence-electron chi connectivity index (χ1n) is 6.48. The molecule has 0 spiro atoms. The van der Waals surface area contributed by atoms with E-state index in [0.29, 0.717) is 31.1 Å². The molecule has 1 saturated heterocycles. The summed E-state index contributed by atoms with van der Waals surface area (Å²) in [6, 6.07) is 3.77. The number of hydrogen-bond donors (Lipinski definition) is 1. The van der Waals surface area contributed by atoms with Crippen molar-refractivity contribution in [3.05, 3.63) is 18.2 Å². The second-order valence-corrected chi connectivity index (χ2v) is 8.97. The quantitative estimate of drug-likeness (QED) is 0.831. The van der Waals surface area contributed by atoms with E-state index in [9.17, 15) is 16.8 Å². The van der Waals surface area contributed by atoms with Crippen LogP contribution in [0.1, 0.15) is 6.42 Å². The summed E-state index contributed by atoms with van der Waals surface area (Å²) < 4.78 is 60.4. The molecule has 0 amide bonds. The minimum absolute atomic E-state index is 0.0152. The van der Waals surface area contributed by atoms with Gasteiger partial charge in [-0.2, -0.15) is 0 Å². The molecular formula is C12H15NO6S2. The van der Waals surface area contributed by atoms with E-state index >= 15 is 0 Å². The average Bonchev–Trinajstić information content (AvgIpc) is 2.76. The SMILES string of the molecule is O=S1(=O)CC[C@H](NS(=O)(=O)c2ccc3c(c2)OCCO3)C1. The van der Waals surface area contributed by atoms with Crippen LogP contribution in [-0.2, 0) is 19.9 Å². The summed E-state index contributed by atoms with van der Waals surface area (Å²) in [7, 11) is -6.91. The maximum Gasteiger partial charge on any atom is 0.240 e. The Morgan fingerprint density at radius 1 is 1.14 bits per heavy atom. The Hall–Kier alpha value is -1.32. The van der Waals surface area contributed by atoms with Gasteiger partial charge in [0.1, 0.15) is 13.2 Å². The van der Waals surface area contributed by atoms with Gasteiger partial charge in [0.05, 0.1) is 16.4 Å². The van der Waals surface area contributed by atoms with E-state index in [0.717, 1.165) is 0 Å². The van der Waals surface area contributed by atoms with Gasteiger partial charge in [-0.15, -0.1) is 0 Å². The van der Waals surface area contributed by atoms with Crippen molar-refractivity contribution in [1.82, 2.24) is 4.72 Å². The third-order valence-corrected chi connectivity index (χ3v) is 6.66. The molecule has 116 valence electrons. The predicted molar refractivity (Wildman–Crippen MR) is 74.8 cm³/mol. The standard InChI is InChI=1S/C12H15NO6S2/c14-20(15)6-3-9(8-20)13-21(16,17)10-1-2-11-12(7-10)19-5-4-18-11/h1-2,7,9,13H,3-6,8H2/t9-/m0/s1. The average molecular weight is 333 g/mol. The number of sulfone groups is 1. The van der Waals surface area contributed by atoms with Crippen LogP contribution < -0.4 is 14.2 Å². The van der Waals surface area contributed by atoms with Gasteiger partial charge in [-0.1, -0.05) is 0 Å². The number of ether oxygens (including phenoxy) is 2. The smallest absolute Gasteiger partial charge is 0.240 e. The van der Waals surface area contributed by atoms with Crippen molar-refractivity contribution in [3.8, 4) is 11.5 Å². The van der Waals surface area contributed by atoms with E-state index in [2.05, 4.69) is 4.72 Å². The van der Waals surface area contributed by atoms with Crippen LogP contribution in [0.4, 0.5) is 0 Å². The molecule has 3 rings (SSSR count). The summed E-state index contributed by atoms with van der Waals surface area (Å²) in [5, 5.41) is 0. The Bertz CT molecular complexity index is 756. The summed E-state index contributed by atoms with van der Waals surface area (Å²) in [5.41, 5.74) is 0. The predicted octanol–water partition coefficient (Wildman–Crippen LogP) is -0.0768. The first-order valence-corrected chi connectivity index (χ1v) is 9.79. The molecule has 1 aromatic rings. The van der Waals surface area contributed by atoms with Crippen molar-refractivity contribution in [2.75, 3.05) is 24.7 Å². The zero-order valence-corrected chi connectivity index (χ0v) is 12.7. The largest absolute Gasteiger partial charge is 0.486 e. The lowest BCUT2D eigenvalue weighted by Crippen LogP contribution is -2.35. The molecule has 0 aromatic heterocycles. The van der Waals surface area contributed by atoms with Gasteiger partial charge in [0.15, 0.2) is 21.3 Å². The molecule has 1 atom stereocenters. The fraction of sp³-hybridized carbons (Fsp3) is 0.500. The van der Waals surface area contributed by atoms with E-state index in [4.69, 9.17) is 9.47 Å². The van der Waals surface area contributed by atoms with Gasteiger partial charge < -0.3 is 9.47 Å². The molecule has 1 fully saturated rings. The van der Waals surface area contributed by atoms with Gasteiger partial charge in [0.2, 0.25) is 10.0 Å². The van der Waals surface area contributed by atoms with Crippen molar-refractivity contribution >= 4 is 19.9 Å². The molecule has 1 aromatic carbocycles. The lowest BCUT2D eigenvalue weighted by molar-refractivity contribution is 0.171. The Morgan fingerprint density at radius 2 is 1.86 bits per heavy atom. The van der Waals surface area contributed by atoms with E-state index < -0.39 is 25.9 Å². The van der Waals surface area contributed by atoms with Crippen molar-refractivity contribution in [3.63, 3.8) is 0 Å². The van der Waals surface area contributed by atoms with Gasteiger partial charge in [0, 0.05) is 12.1 Å². The second kappa shape index (κ2) is 5.15. The van der Waals surface area contributed by atoms with Gasteiger partial charge in [-0.3, -0.25) is 0 Å². The summed E-state index contributed by atoms with van der Waals surface area (Å²) in [4.78, 5) is 0.0380. The summed E-state index contributed by atoms with van der Waals surface area (Å²) in [6.07, 6.45) is 0.298. The third-order valence-electron chi connectivity index (χ3n) is 3.38. The van der Waals surface area contributed by atoms with Gasteiger partial charge in [-0.25, -0.2) is 21.6 Å². The van der Waals surface area contributed by atoms with Crippen LogP contribution >= 0.6 is 0 Å². The van der Waals surface area contributed by atoms with Crippen molar-refractivity contribution in [2.45, 2.75) is 17.4 Å². The fourth-order valence-corrected chi connectivity index (χ4v) is 5.43. The first kappa shape index (κ1) is 14.6. The summed E-state index contributed by atoms with van der Waals surface area (Å²) >= 11 is 0. The number of rotatable bonds is 3. The Balaban J connectivity index is 1.82. The normalized spacial score (nSPS) is 23.9. The van der Waals surface area contributed by atoms with Crippen LogP contribution in [-0.4, -0.2) is 47.6 Å². The van der Waals surface area contributed by atoms with Crippen LogP contribution in [0.25, 0.3) is 0 Å². The number of sulfonamides is 1. The van der Waals surface area contributed by atoms with Crippen LogP contribution in [0.5, 0.6) is 11.5 Å². The van der Waals surface area contributed by atoms with E-state index in [-0.39, 0.29) is 16.4 Å². The molecule has 7 nitrogen and oxygen atoms in total. The molecular weight excluding hydrogens is 318 g/mol. The molecule has 21 heavy (non-hydrogen) atoms. The highest BCUT2D eigenvalue weighted by molar-refractivity contribution is 7.92. The number of nitrogens with one attached hydrogen (secondary N) is 1. The molecule has 9 heteroatoms.